The quantitative estimate of drug-likeness (QED) is 0.369. The number of Topliss-reactive ketones (excluding diaryl/α,β-unsaturated/α-hetero) is 1. The Morgan fingerprint density at radius 2 is 1.73 bits per heavy atom. The van der Waals surface area contributed by atoms with E-state index in [9.17, 15) is 9.90 Å². The van der Waals surface area contributed by atoms with E-state index in [1.807, 2.05) is 18.2 Å². The molecule has 5 rings (SSSR count). The van der Waals surface area contributed by atoms with Gasteiger partial charge >= 0.3 is 0 Å². The maximum Gasteiger partial charge on any atom is 0.200 e. The van der Waals surface area contributed by atoms with Gasteiger partial charge in [-0.25, -0.2) is 0 Å². The van der Waals surface area contributed by atoms with Crippen molar-refractivity contribution in [1.82, 2.24) is 0 Å². The lowest BCUT2D eigenvalue weighted by atomic mass is 9.72. The molecule has 1 aliphatic heterocycles. The SMILES string of the molecule is C=C(/C=C1/C(=O)C(/C=C2\N(CC)c3ccccc3C2(C)C)=C1O)C(C)(C)c1c(C)ccc2ccccc12. The molecule has 188 valence electrons. The molecule has 1 heterocycles. The Morgan fingerprint density at radius 1 is 1.05 bits per heavy atom. The summed E-state index contributed by atoms with van der Waals surface area (Å²) in [6.45, 7) is 18.0. The molecule has 0 aromatic heterocycles. The summed E-state index contributed by atoms with van der Waals surface area (Å²) < 4.78 is 0. The number of para-hydroxylation sites is 1. The van der Waals surface area contributed by atoms with Crippen molar-refractivity contribution < 1.29 is 9.90 Å². The zero-order chi connectivity index (χ0) is 26.7. The number of hydrogen-bond acceptors (Lipinski definition) is 3. The second-order valence-corrected chi connectivity index (χ2v) is 11.2. The topological polar surface area (TPSA) is 40.5 Å². The van der Waals surface area contributed by atoms with Crippen molar-refractivity contribution in [3.05, 3.63) is 124 Å². The summed E-state index contributed by atoms with van der Waals surface area (Å²) in [6.07, 6.45) is 3.65. The van der Waals surface area contributed by atoms with Crippen LogP contribution in [0.25, 0.3) is 10.8 Å². The molecule has 0 radical (unpaired) electrons. The minimum atomic E-state index is -0.430. The summed E-state index contributed by atoms with van der Waals surface area (Å²) in [6, 6.07) is 21.0. The predicted molar refractivity (Wildman–Crippen MR) is 154 cm³/mol. The number of fused-ring (bicyclic) bond motifs is 2. The van der Waals surface area contributed by atoms with E-state index in [0.29, 0.717) is 11.1 Å². The average molecular weight is 490 g/mol. The van der Waals surface area contributed by atoms with Gasteiger partial charge in [0.05, 0.1) is 11.1 Å². The number of ketones is 1. The van der Waals surface area contributed by atoms with Gasteiger partial charge in [0, 0.05) is 28.8 Å². The van der Waals surface area contributed by atoms with Crippen LogP contribution in [0.1, 0.15) is 51.3 Å². The van der Waals surface area contributed by atoms with Crippen LogP contribution in [0.4, 0.5) is 5.69 Å². The van der Waals surface area contributed by atoms with Crippen molar-refractivity contribution in [2.75, 3.05) is 11.4 Å². The van der Waals surface area contributed by atoms with Crippen molar-refractivity contribution in [2.24, 2.45) is 0 Å². The Kier molecular flexibility index (Phi) is 5.79. The van der Waals surface area contributed by atoms with Gasteiger partial charge in [0.25, 0.3) is 0 Å². The summed E-state index contributed by atoms with van der Waals surface area (Å²) in [4.78, 5) is 15.6. The molecule has 2 aliphatic rings. The Hall–Kier alpha value is -3.85. The number of rotatable bonds is 5. The van der Waals surface area contributed by atoms with Crippen LogP contribution >= 0.6 is 0 Å². The van der Waals surface area contributed by atoms with Crippen LogP contribution < -0.4 is 4.90 Å². The van der Waals surface area contributed by atoms with Crippen LogP contribution in [0.2, 0.25) is 0 Å². The van der Waals surface area contributed by atoms with Gasteiger partial charge in [-0.3, -0.25) is 4.79 Å². The van der Waals surface area contributed by atoms with Crippen LogP contribution in [0, 0.1) is 6.92 Å². The molecule has 0 amide bonds. The minimum absolute atomic E-state index is 0.0481. The first-order valence-corrected chi connectivity index (χ1v) is 13.0. The predicted octanol–water partition coefficient (Wildman–Crippen LogP) is 8.00. The lowest BCUT2D eigenvalue weighted by Gasteiger charge is -2.31. The number of carbonyl (C=O) groups excluding carboxylic acids is 1. The number of likely N-dealkylation sites (N-methyl/N-ethyl adjacent to an activating group) is 1. The number of allylic oxidation sites excluding steroid dienone is 6. The monoisotopic (exact) mass is 489 g/mol. The molecule has 3 aromatic carbocycles. The highest BCUT2D eigenvalue weighted by atomic mass is 16.3. The molecule has 3 heteroatoms. The molecule has 0 saturated carbocycles. The van der Waals surface area contributed by atoms with Crippen molar-refractivity contribution in [3.8, 4) is 0 Å². The van der Waals surface area contributed by atoms with E-state index >= 15 is 0 Å². The number of aryl methyl sites for hydroxylation is 1. The molecule has 0 unspecified atom stereocenters. The van der Waals surface area contributed by atoms with E-state index in [1.165, 1.54) is 27.5 Å². The number of anilines is 1. The standard InChI is InChI=1S/C34H35NO2/c1-8-35-28-16-12-11-15-27(28)34(6,7)29(35)20-26-31(36)25(32(26)37)19-22(3)33(4,5)30-21(2)17-18-23-13-9-10-14-24(23)30/h9-20,36H,3,8H2,1-2,4-7H3/b25-19+,29-20-. The van der Waals surface area contributed by atoms with Crippen LogP contribution in [0.5, 0.6) is 0 Å². The lowest BCUT2D eigenvalue weighted by Crippen LogP contribution is -2.29. The molecule has 1 N–H and O–H groups in total. The fourth-order valence-electron chi connectivity index (χ4n) is 6.01. The number of aliphatic hydroxyl groups excluding tert-OH is 1. The third kappa shape index (κ3) is 3.68. The first-order valence-electron chi connectivity index (χ1n) is 13.0. The summed E-state index contributed by atoms with van der Waals surface area (Å²) in [7, 11) is 0. The Bertz CT molecular complexity index is 1560. The van der Waals surface area contributed by atoms with Gasteiger partial charge in [-0.2, -0.15) is 0 Å². The average Bonchev–Trinajstić information content (AvgIpc) is 3.10. The van der Waals surface area contributed by atoms with E-state index in [0.717, 1.165) is 23.5 Å². The van der Waals surface area contributed by atoms with Gasteiger partial charge in [-0.15, -0.1) is 0 Å². The van der Waals surface area contributed by atoms with Gasteiger partial charge in [0.15, 0.2) is 0 Å². The molecule has 0 fully saturated rings. The Morgan fingerprint density at radius 3 is 2.43 bits per heavy atom. The molecule has 3 nitrogen and oxygen atoms in total. The first kappa shape index (κ1) is 24.8. The Balaban J connectivity index is 1.52. The van der Waals surface area contributed by atoms with E-state index in [4.69, 9.17) is 0 Å². The molecule has 0 atom stereocenters. The van der Waals surface area contributed by atoms with E-state index < -0.39 is 5.41 Å². The van der Waals surface area contributed by atoms with Crippen molar-refractivity contribution in [1.29, 1.82) is 0 Å². The number of aliphatic hydroxyl groups is 1. The van der Waals surface area contributed by atoms with Crippen molar-refractivity contribution >= 4 is 22.2 Å². The molecular formula is C34H35NO2. The van der Waals surface area contributed by atoms with Gasteiger partial charge in [-0.1, -0.05) is 88.9 Å². The highest BCUT2D eigenvalue weighted by molar-refractivity contribution is 6.21. The third-order valence-corrected chi connectivity index (χ3v) is 8.28. The van der Waals surface area contributed by atoms with Crippen LogP contribution in [-0.4, -0.2) is 17.4 Å². The van der Waals surface area contributed by atoms with Gasteiger partial charge in [-0.05, 0) is 65.1 Å². The number of carbonyl (C=O) groups is 1. The number of hydrogen-bond donors (Lipinski definition) is 1. The van der Waals surface area contributed by atoms with Crippen LogP contribution in [0.15, 0.2) is 108 Å². The molecule has 1 aliphatic carbocycles. The number of nitrogens with zero attached hydrogens (tertiary/aromatic N) is 1. The van der Waals surface area contributed by atoms with E-state index in [-0.39, 0.29) is 17.0 Å². The summed E-state index contributed by atoms with van der Waals surface area (Å²) in [5, 5.41) is 13.4. The second kappa shape index (κ2) is 8.62. The number of benzene rings is 3. The van der Waals surface area contributed by atoms with Crippen LogP contribution in [0.3, 0.4) is 0 Å². The van der Waals surface area contributed by atoms with Gasteiger partial charge in [0.1, 0.15) is 5.76 Å². The molecule has 37 heavy (non-hydrogen) atoms. The molecule has 3 aromatic rings. The summed E-state index contributed by atoms with van der Waals surface area (Å²) >= 11 is 0. The highest BCUT2D eigenvalue weighted by Crippen LogP contribution is 2.49. The van der Waals surface area contributed by atoms with Crippen LogP contribution in [-0.2, 0) is 15.6 Å². The lowest BCUT2D eigenvalue weighted by molar-refractivity contribution is -0.113. The minimum Gasteiger partial charge on any atom is -0.506 e. The first-order chi connectivity index (χ1) is 17.5. The Labute approximate surface area is 220 Å². The summed E-state index contributed by atoms with van der Waals surface area (Å²) in [5.74, 6) is -0.0914. The van der Waals surface area contributed by atoms with E-state index in [2.05, 4.69) is 102 Å². The maximum atomic E-state index is 13.3. The van der Waals surface area contributed by atoms with Gasteiger partial charge < -0.3 is 10.0 Å². The fraction of sp³-hybridized carbons (Fsp3) is 0.265. The zero-order valence-electron chi connectivity index (χ0n) is 22.6. The zero-order valence-corrected chi connectivity index (χ0v) is 22.6. The van der Waals surface area contributed by atoms with E-state index in [1.54, 1.807) is 6.08 Å². The largest absolute Gasteiger partial charge is 0.506 e. The normalized spacial score (nSPS) is 19.1. The smallest absolute Gasteiger partial charge is 0.200 e. The molecule has 0 spiro atoms. The maximum absolute atomic E-state index is 13.3. The fourth-order valence-corrected chi connectivity index (χ4v) is 6.01. The van der Waals surface area contributed by atoms with Gasteiger partial charge in [0.2, 0.25) is 5.78 Å². The van der Waals surface area contributed by atoms with Crippen molar-refractivity contribution in [2.45, 2.75) is 52.4 Å². The molecular weight excluding hydrogens is 454 g/mol. The summed E-state index contributed by atoms with van der Waals surface area (Å²) in [5.41, 5.74) is 6.57. The highest BCUT2D eigenvalue weighted by Gasteiger charge is 2.42. The second-order valence-electron chi connectivity index (χ2n) is 11.2. The molecule has 0 bridgehead atoms. The molecule has 0 saturated heterocycles. The van der Waals surface area contributed by atoms with Crippen molar-refractivity contribution in [3.63, 3.8) is 0 Å². The third-order valence-electron chi connectivity index (χ3n) is 8.28.